The third-order valence-corrected chi connectivity index (χ3v) is 4.37. The lowest BCUT2D eigenvalue weighted by molar-refractivity contribution is 0.251. The lowest BCUT2D eigenvalue weighted by Crippen LogP contribution is -2.28. The van der Waals surface area contributed by atoms with E-state index in [9.17, 15) is 4.79 Å². The van der Waals surface area contributed by atoms with E-state index in [1.165, 1.54) is 5.56 Å². The number of carbonyl (C=O) groups is 1. The molecule has 0 atom stereocenters. The predicted molar refractivity (Wildman–Crippen MR) is 107 cm³/mol. The number of pyridine rings is 1. The summed E-state index contributed by atoms with van der Waals surface area (Å²) < 4.78 is 1.79. The molecule has 3 rings (SSSR count). The summed E-state index contributed by atoms with van der Waals surface area (Å²) in [5.41, 5.74) is 4.95. The van der Waals surface area contributed by atoms with E-state index >= 15 is 0 Å². The number of carbonyl (C=O) groups excluding carboxylic acids is 1. The van der Waals surface area contributed by atoms with Crippen molar-refractivity contribution >= 4 is 11.7 Å². The first-order valence-electron chi connectivity index (χ1n) is 8.90. The topological polar surface area (TPSA) is 71.8 Å². The summed E-state index contributed by atoms with van der Waals surface area (Å²) in [7, 11) is 1.89. The minimum atomic E-state index is -0.246. The number of hydrogen-bond donors (Lipinski definition) is 2. The zero-order valence-electron chi connectivity index (χ0n) is 16.2. The number of urea groups is 1. The highest BCUT2D eigenvalue weighted by Crippen LogP contribution is 2.23. The van der Waals surface area contributed by atoms with E-state index in [1.807, 2.05) is 43.4 Å². The van der Waals surface area contributed by atoms with Gasteiger partial charge >= 0.3 is 6.03 Å². The molecule has 0 bridgehead atoms. The monoisotopic (exact) mass is 363 g/mol. The molecule has 6 heteroatoms. The average molecular weight is 363 g/mol. The lowest BCUT2D eigenvalue weighted by atomic mass is 9.87. The number of aryl methyl sites for hydroxylation is 1. The first-order valence-corrected chi connectivity index (χ1v) is 8.90. The van der Waals surface area contributed by atoms with Crippen molar-refractivity contribution in [3.05, 3.63) is 66.1 Å². The Kier molecular flexibility index (Phi) is 5.26. The zero-order valence-corrected chi connectivity index (χ0v) is 16.2. The molecule has 0 aliphatic carbocycles. The van der Waals surface area contributed by atoms with Gasteiger partial charge in [-0.25, -0.2) is 4.79 Å². The molecule has 2 N–H and O–H groups in total. The Labute approximate surface area is 159 Å². The number of aromatic nitrogens is 3. The van der Waals surface area contributed by atoms with Crippen molar-refractivity contribution in [1.82, 2.24) is 20.1 Å². The van der Waals surface area contributed by atoms with E-state index in [4.69, 9.17) is 0 Å². The molecular weight excluding hydrogens is 338 g/mol. The van der Waals surface area contributed by atoms with Crippen molar-refractivity contribution in [3.63, 3.8) is 0 Å². The molecule has 0 aliphatic heterocycles. The van der Waals surface area contributed by atoms with Crippen LogP contribution in [0.15, 0.2) is 55.0 Å². The first kappa shape index (κ1) is 18.6. The van der Waals surface area contributed by atoms with Crippen molar-refractivity contribution in [1.29, 1.82) is 0 Å². The zero-order chi connectivity index (χ0) is 19.4. The van der Waals surface area contributed by atoms with E-state index in [2.05, 4.69) is 41.5 Å². The smallest absolute Gasteiger partial charge is 0.319 e. The second-order valence-electron chi connectivity index (χ2n) is 7.56. The minimum absolute atomic E-state index is 0.0900. The van der Waals surface area contributed by atoms with Crippen molar-refractivity contribution < 1.29 is 4.79 Å². The molecule has 6 nitrogen and oxygen atoms in total. The van der Waals surface area contributed by atoms with Gasteiger partial charge < -0.3 is 10.6 Å². The molecule has 0 fully saturated rings. The fraction of sp³-hybridized carbons (Fsp3) is 0.286. The first-order chi connectivity index (χ1) is 12.8. The van der Waals surface area contributed by atoms with Crippen LogP contribution in [0.3, 0.4) is 0 Å². The van der Waals surface area contributed by atoms with Gasteiger partial charge in [-0.1, -0.05) is 32.9 Å². The fourth-order valence-corrected chi connectivity index (χ4v) is 2.79. The summed E-state index contributed by atoms with van der Waals surface area (Å²) >= 11 is 0. The van der Waals surface area contributed by atoms with Crippen LogP contribution in [-0.2, 0) is 19.0 Å². The van der Waals surface area contributed by atoms with Crippen LogP contribution in [0.1, 0.15) is 31.9 Å². The normalized spacial score (nSPS) is 11.3. The molecule has 2 heterocycles. The molecule has 1 aromatic carbocycles. The minimum Gasteiger partial charge on any atom is -0.334 e. The number of nitrogens with zero attached hydrogens (tertiary/aromatic N) is 3. The molecule has 3 aromatic rings. The largest absolute Gasteiger partial charge is 0.334 e. The Morgan fingerprint density at radius 3 is 2.48 bits per heavy atom. The summed E-state index contributed by atoms with van der Waals surface area (Å²) in [6.45, 7) is 6.88. The van der Waals surface area contributed by atoms with Crippen LogP contribution in [0.4, 0.5) is 10.5 Å². The third kappa shape index (κ3) is 4.73. The highest BCUT2D eigenvalue weighted by Gasteiger charge is 2.13. The Balaban J connectivity index is 1.59. The molecule has 0 unspecified atom stereocenters. The Bertz CT molecular complexity index is 922. The van der Waals surface area contributed by atoms with Crippen LogP contribution in [-0.4, -0.2) is 20.8 Å². The van der Waals surface area contributed by atoms with Gasteiger partial charge in [0.1, 0.15) is 0 Å². The van der Waals surface area contributed by atoms with Crippen LogP contribution in [0.2, 0.25) is 0 Å². The van der Waals surface area contributed by atoms with Gasteiger partial charge in [0.05, 0.1) is 5.69 Å². The maximum Gasteiger partial charge on any atom is 0.319 e. The fourth-order valence-electron chi connectivity index (χ4n) is 2.79. The molecule has 0 aliphatic rings. The lowest BCUT2D eigenvalue weighted by Gasteiger charge is -2.19. The standard InChI is InChI=1S/C21H25N5O/c1-21(2,3)17-5-7-18(8-6-17)25-20(27)23-13-15-11-16(14-22-12-15)19-9-10-24-26(19)4/h5-12,14H,13H2,1-4H3,(H2,23,25,27). The predicted octanol–water partition coefficient (Wildman–Crippen LogP) is 4.10. The van der Waals surface area contributed by atoms with Gasteiger partial charge in [-0.3, -0.25) is 9.67 Å². The Hall–Kier alpha value is -3.15. The molecule has 140 valence electrons. The molecule has 2 aromatic heterocycles. The van der Waals surface area contributed by atoms with Crippen molar-refractivity contribution in [2.45, 2.75) is 32.7 Å². The van der Waals surface area contributed by atoms with Gasteiger partial charge in [0.25, 0.3) is 0 Å². The molecule has 2 amide bonds. The van der Waals surface area contributed by atoms with Crippen molar-refractivity contribution in [3.8, 4) is 11.3 Å². The third-order valence-electron chi connectivity index (χ3n) is 4.37. The van der Waals surface area contributed by atoms with E-state index in [0.717, 1.165) is 22.5 Å². The molecule has 0 saturated carbocycles. The van der Waals surface area contributed by atoms with Gasteiger partial charge in [-0.2, -0.15) is 5.10 Å². The SMILES string of the molecule is Cn1nccc1-c1cncc(CNC(=O)Nc2ccc(C(C)(C)C)cc2)c1. The quantitative estimate of drug-likeness (QED) is 0.733. The van der Waals surface area contributed by atoms with Crippen molar-refractivity contribution in [2.24, 2.45) is 7.05 Å². The second kappa shape index (κ2) is 7.61. The highest BCUT2D eigenvalue weighted by molar-refractivity contribution is 5.89. The van der Waals surface area contributed by atoms with Crippen LogP contribution in [0.25, 0.3) is 11.3 Å². The number of hydrogen-bond acceptors (Lipinski definition) is 3. The summed E-state index contributed by atoms with van der Waals surface area (Å²) in [6, 6.07) is 11.6. The van der Waals surface area contributed by atoms with E-state index in [1.54, 1.807) is 23.3 Å². The number of nitrogens with one attached hydrogen (secondary N) is 2. The molecule has 0 saturated heterocycles. The van der Waals surface area contributed by atoms with Gasteiger partial charge in [0.15, 0.2) is 0 Å². The molecule has 0 spiro atoms. The van der Waals surface area contributed by atoms with Crippen LogP contribution in [0.5, 0.6) is 0 Å². The second-order valence-corrected chi connectivity index (χ2v) is 7.56. The van der Waals surface area contributed by atoms with Crippen molar-refractivity contribution in [2.75, 3.05) is 5.32 Å². The van der Waals surface area contributed by atoms with Gasteiger partial charge in [0.2, 0.25) is 0 Å². The summed E-state index contributed by atoms with van der Waals surface area (Å²) in [5, 5.41) is 9.90. The molecular formula is C21H25N5O. The van der Waals surface area contributed by atoms with E-state index < -0.39 is 0 Å². The summed E-state index contributed by atoms with van der Waals surface area (Å²) in [4.78, 5) is 16.4. The van der Waals surface area contributed by atoms with Crippen LogP contribution in [0, 0.1) is 0 Å². The van der Waals surface area contributed by atoms with Crippen LogP contribution < -0.4 is 10.6 Å². The van der Waals surface area contributed by atoms with Gasteiger partial charge in [-0.15, -0.1) is 0 Å². The van der Waals surface area contributed by atoms with E-state index in [0.29, 0.717) is 6.54 Å². The van der Waals surface area contributed by atoms with E-state index in [-0.39, 0.29) is 11.4 Å². The number of amides is 2. The van der Waals surface area contributed by atoms with Crippen LogP contribution >= 0.6 is 0 Å². The number of rotatable bonds is 4. The summed E-state index contributed by atoms with van der Waals surface area (Å²) in [6.07, 6.45) is 5.29. The average Bonchev–Trinajstić information content (AvgIpc) is 3.06. The Morgan fingerprint density at radius 2 is 1.85 bits per heavy atom. The highest BCUT2D eigenvalue weighted by atomic mass is 16.2. The number of benzene rings is 1. The molecule has 0 radical (unpaired) electrons. The van der Waals surface area contributed by atoms with Gasteiger partial charge in [0, 0.05) is 43.4 Å². The maximum atomic E-state index is 12.2. The Morgan fingerprint density at radius 1 is 1.11 bits per heavy atom. The number of anilines is 1. The van der Waals surface area contributed by atoms with Gasteiger partial charge in [-0.05, 0) is 40.8 Å². The maximum absolute atomic E-state index is 12.2. The molecule has 27 heavy (non-hydrogen) atoms. The summed E-state index contributed by atoms with van der Waals surface area (Å²) in [5.74, 6) is 0.